The highest BCUT2D eigenvalue weighted by molar-refractivity contribution is 5.81. The van der Waals surface area contributed by atoms with Gasteiger partial charge in [0.05, 0.1) is 6.54 Å². The Hall–Kier alpha value is -2.08. The first-order valence-electron chi connectivity index (χ1n) is 9.12. The standard InChI is InChI=1S/C19H30N4O2/c1-4-21(5-2)15-17-8-6-7-9-18(17)20-14-19(25)23-12-10-22(11-13-23)16(3)24/h6-9,20H,4-5,10-15H2,1-3H3. The average molecular weight is 346 g/mol. The van der Waals surface area contributed by atoms with Gasteiger partial charge >= 0.3 is 0 Å². The van der Waals surface area contributed by atoms with Crippen molar-refractivity contribution in [3.63, 3.8) is 0 Å². The van der Waals surface area contributed by atoms with E-state index in [4.69, 9.17) is 0 Å². The molecule has 6 heteroatoms. The molecule has 1 aromatic carbocycles. The number of anilines is 1. The highest BCUT2D eigenvalue weighted by Gasteiger charge is 2.22. The lowest BCUT2D eigenvalue weighted by Gasteiger charge is -2.34. The van der Waals surface area contributed by atoms with Gasteiger partial charge in [-0.1, -0.05) is 32.0 Å². The molecule has 2 rings (SSSR count). The first kappa shape index (κ1) is 19.2. The number of amides is 2. The van der Waals surface area contributed by atoms with Gasteiger partial charge in [-0.15, -0.1) is 0 Å². The summed E-state index contributed by atoms with van der Waals surface area (Å²) in [5.74, 6) is 0.163. The topological polar surface area (TPSA) is 55.9 Å². The van der Waals surface area contributed by atoms with Gasteiger partial charge < -0.3 is 15.1 Å². The molecule has 1 heterocycles. The van der Waals surface area contributed by atoms with E-state index in [0.29, 0.717) is 26.2 Å². The zero-order valence-corrected chi connectivity index (χ0v) is 15.6. The van der Waals surface area contributed by atoms with E-state index >= 15 is 0 Å². The SMILES string of the molecule is CCN(CC)Cc1ccccc1NCC(=O)N1CCN(C(C)=O)CC1. The largest absolute Gasteiger partial charge is 0.376 e. The maximum Gasteiger partial charge on any atom is 0.241 e. The van der Waals surface area contributed by atoms with E-state index in [0.717, 1.165) is 25.3 Å². The van der Waals surface area contributed by atoms with E-state index in [1.165, 1.54) is 5.56 Å². The summed E-state index contributed by atoms with van der Waals surface area (Å²) in [6, 6.07) is 8.16. The summed E-state index contributed by atoms with van der Waals surface area (Å²) in [5, 5.41) is 3.30. The molecule has 0 atom stereocenters. The second kappa shape index (κ2) is 9.42. The number of hydrogen-bond donors (Lipinski definition) is 1. The lowest BCUT2D eigenvalue weighted by atomic mass is 10.1. The normalized spacial score (nSPS) is 14.7. The lowest BCUT2D eigenvalue weighted by molar-refractivity contribution is -0.137. The van der Waals surface area contributed by atoms with Crippen molar-refractivity contribution in [2.24, 2.45) is 0 Å². The quantitative estimate of drug-likeness (QED) is 0.815. The maximum absolute atomic E-state index is 12.4. The zero-order chi connectivity index (χ0) is 18.2. The van der Waals surface area contributed by atoms with Crippen molar-refractivity contribution < 1.29 is 9.59 Å². The molecule has 2 amide bonds. The van der Waals surface area contributed by atoms with E-state index in [9.17, 15) is 9.59 Å². The summed E-state index contributed by atoms with van der Waals surface area (Å²) in [6.07, 6.45) is 0. The minimum atomic E-state index is 0.0792. The highest BCUT2D eigenvalue weighted by Crippen LogP contribution is 2.17. The summed E-state index contributed by atoms with van der Waals surface area (Å²) < 4.78 is 0. The van der Waals surface area contributed by atoms with Gasteiger partial charge in [0, 0.05) is 45.3 Å². The summed E-state index contributed by atoms with van der Waals surface area (Å²) in [4.78, 5) is 29.8. The molecule has 1 aliphatic rings. The number of nitrogens with zero attached hydrogens (tertiary/aromatic N) is 3. The van der Waals surface area contributed by atoms with Crippen molar-refractivity contribution in [2.45, 2.75) is 27.3 Å². The summed E-state index contributed by atoms with van der Waals surface area (Å²) in [5.41, 5.74) is 2.23. The zero-order valence-electron chi connectivity index (χ0n) is 15.6. The fraction of sp³-hybridized carbons (Fsp3) is 0.579. The van der Waals surface area contributed by atoms with Crippen LogP contribution in [0.4, 0.5) is 5.69 Å². The van der Waals surface area contributed by atoms with Crippen LogP contribution in [0, 0.1) is 0 Å². The van der Waals surface area contributed by atoms with Crippen LogP contribution in [-0.2, 0) is 16.1 Å². The van der Waals surface area contributed by atoms with Crippen LogP contribution in [0.3, 0.4) is 0 Å². The van der Waals surface area contributed by atoms with E-state index < -0.39 is 0 Å². The van der Waals surface area contributed by atoms with Crippen molar-refractivity contribution in [3.8, 4) is 0 Å². The lowest BCUT2D eigenvalue weighted by Crippen LogP contribution is -2.51. The molecule has 1 aliphatic heterocycles. The van der Waals surface area contributed by atoms with Crippen LogP contribution in [0.1, 0.15) is 26.3 Å². The molecular weight excluding hydrogens is 316 g/mol. The number of benzene rings is 1. The highest BCUT2D eigenvalue weighted by atomic mass is 16.2. The van der Waals surface area contributed by atoms with Crippen LogP contribution >= 0.6 is 0 Å². The Labute approximate surface area is 150 Å². The molecule has 6 nitrogen and oxygen atoms in total. The van der Waals surface area contributed by atoms with Crippen LogP contribution < -0.4 is 5.32 Å². The molecule has 0 saturated carbocycles. The Kier molecular flexibility index (Phi) is 7.25. The van der Waals surface area contributed by atoms with Crippen molar-refractivity contribution in [2.75, 3.05) is 51.1 Å². The Bertz CT molecular complexity index is 579. The molecule has 1 N–H and O–H groups in total. The molecule has 1 fully saturated rings. The number of nitrogens with one attached hydrogen (secondary N) is 1. The van der Waals surface area contributed by atoms with Gasteiger partial charge in [-0.3, -0.25) is 14.5 Å². The Morgan fingerprint density at radius 3 is 2.24 bits per heavy atom. The van der Waals surface area contributed by atoms with Gasteiger partial charge in [-0.2, -0.15) is 0 Å². The number of rotatable bonds is 7. The molecule has 138 valence electrons. The molecular formula is C19H30N4O2. The van der Waals surface area contributed by atoms with Gasteiger partial charge in [0.25, 0.3) is 0 Å². The predicted molar refractivity (Wildman–Crippen MR) is 100 cm³/mol. The fourth-order valence-corrected chi connectivity index (χ4v) is 3.07. The number of piperazine rings is 1. The van der Waals surface area contributed by atoms with E-state index in [1.54, 1.807) is 11.8 Å². The summed E-state index contributed by atoms with van der Waals surface area (Å²) >= 11 is 0. The first-order chi connectivity index (χ1) is 12.0. The van der Waals surface area contributed by atoms with Gasteiger partial charge in [0.15, 0.2) is 0 Å². The third-order valence-electron chi connectivity index (χ3n) is 4.81. The van der Waals surface area contributed by atoms with Crippen molar-refractivity contribution in [1.82, 2.24) is 14.7 Å². The summed E-state index contributed by atoms with van der Waals surface area (Å²) in [7, 11) is 0. The second-order valence-electron chi connectivity index (χ2n) is 6.36. The molecule has 0 unspecified atom stereocenters. The van der Waals surface area contributed by atoms with Gasteiger partial charge in [0.2, 0.25) is 11.8 Å². The second-order valence-corrected chi connectivity index (χ2v) is 6.36. The summed E-state index contributed by atoms with van der Waals surface area (Å²) in [6.45, 7) is 11.5. The van der Waals surface area contributed by atoms with E-state index in [1.807, 2.05) is 23.1 Å². The third kappa shape index (κ3) is 5.46. The molecule has 0 aliphatic carbocycles. The molecule has 1 saturated heterocycles. The van der Waals surface area contributed by atoms with E-state index in [2.05, 4.69) is 30.1 Å². The number of carbonyl (C=O) groups excluding carboxylic acids is 2. The van der Waals surface area contributed by atoms with Gasteiger partial charge in [-0.05, 0) is 24.7 Å². The molecule has 0 bridgehead atoms. The Morgan fingerprint density at radius 1 is 1.04 bits per heavy atom. The average Bonchev–Trinajstić information content (AvgIpc) is 2.65. The van der Waals surface area contributed by atoms with Crippen LogP contribution in [0.25, 0.3) is 0 Å². The Balaban J connectivity index is 1.89. The minimum Gasteiger partial charge on any atom is -0.376 e. The van der Waals surface area contributed by atoms with Crippen LogP contribution in [0.2, 0.25) is 0 Å². The van der Waals surface area contributed by atoms with Gasteiger partial charge in [0.1, 0.15) is 0 Å². The maximum atomic E-state index is 12.4. The van der Waals surface area contributed by atoms with E-state index in [-0.39, 0.29) is 18.4 Å². The van der Waals surface area contributed by atoms with Crippen molar-refractivity contribution in [3.05, 3.63) is 29.8 Å². The number of carbonyl (C=O) groups is 2. The van der Waals surface area contributed by atoms with Crippen LogP contribution in [0.5, 0.6) is 0 Å². The van der Waals surface area contributed by atoms with Crippen molar-refractivity contribution in [1.29, 1.82) is 0 Å². The molecule has 0 spiro atoms. The minimum absolute atomic E-state index is 0.0792. The third-order valence-corrected chi connectivity index (χ3v) is 4.81. The predicted octanol–water partition coefficient (Wildman–Crippen LogP) is 1.63. The van der Waals surface area contributed by atoms with Crippen molar-refractivity contribution >= 4 is 17.5 Å². The smallest absolute Gasteiger partial charge is 0.241 e. The number of para-hydroxylation sites is 1. The fourth-order valence-electron chi connectivity index (χ4n) is 3.07. The van der Waals surface area contributed by atoms with Gasteiger partial charge in [-0.25, -0.2) is 0 Å². The number of hydrogen-bond acceptors (Lipinski definition) is 4. The molecule has 25 heavy (non-hydrogen) atoms. The first-order valence-corrected chi connectivity index (χ1v) is 9.12. The molecule has 0 radical (unpaired) electrons. The monoisotopic (exact) mass is 346 g/mol. The molecule has 0 aromatic heterocycles. The Morgan fingerprint density at radius 2 is 1.64 bits per heavy atom. The molecule has 1 aromatic rings. The van der Waals surface area contributed by atoms with Crippen LogP contribution in [-0.4, -0.2) is 72.3 Å². The van der Waals surface area contributed by atoms with Crippen LogP contribution in [0.15, 0.2) is 24.3 Å².